The van der Waals surface area contributed by atoms with Crippen LogP contribution >= 0.6 is 0 Å². The second kappa shape index (κ2) is 14.4. The zero-order valence-corrected chi connectivity index (χ0v) is 24.9. The lowest BCUT2D eigenvalue weighted by Crippen LogP contribution is -2.49. The number of hydrogen-bond donors (Lipinski definition) is 1. The van der Waals surface area contributed by atoms with Crippen molar-refractivity contribution in [3.8, 4) is 0 Å². The van der Waals surface area contributed by atoms with E-state index in [0.717, 1.165) is 17.7 Å². The summed E-state index contributed by atoms with van der Waals surface area (Å²) in [7, 11) is 0. The van der Waals surface area contributed by atoms with Gasteiger partial charge in [0.2, 0.25) is 5.91 Å². The van der Waals surface area contributed by atoms with Gasteiger partial charge in [-0.3, -0.25) is 9.69 Å². The molecule has 2 aromatic carbocycles. The quantitative estimate of drug-likeness (QED) is 0.319. The van der Waals surface area contributed by atoms with Crippen LogP contribution in [-0.4, -0.2) is 73.6 Å². The summed E-state index contributed by atoms with van der Waals surface area (Å²) in [6.45, 7) is 7.54. The number of carbonyl (C=O) groups is 3. The zero-order valence-electron chi connectivity index (χ0n) is 24.9. The first kappa shape index (κ1) is 32.5. The number of nitrogens with zero attached hydrogens (tertiary/aromatic N) is 2. The van der Waals surface area contributed by atoms with Gasteiger partial charge >= 0.3 is 18.1 Å². The van der Waals surface area contributed by atoms with Crippen molar-refractivity contribution in [3.05, 3.63) is 99.9 Å². The standard InChI is InChI=1S/C33H36F3N3O5/c1-4-43-31(41)28-22(2)37-23(3)29(30(28)25-11-8-12-26(21-25)33(34,35)36)32(42)44-20-19-38-15-17-39(18-16-38)27(40)14-13-24-9-6-5-7-10-24/h5-14,21,30,37H,4,15-20H2,1-3H3. The molecule has 2 aliphatic rings. The first-order valence-corrected chi connectivity index (χ1v) is 14.4. The van der Waals surface area contributed by atoms with Crippen LogP contribution in [0.1, 0.15) is 43.4 Å². The molecule has 0 bridgehead atoms. The van der Waals surface area contributed by atoms with Crippen molar-refractivity contribution in [2.45, 2.75) is 32.9 Å². The molecule has 1 fully saturated rings. The Bertz CT molecular complexity index is 1460. The number of amides is 1. The van der Waals surface area contributed by atoms with Crippen LogP contribution in [-0.2, 0) is 30.0 Å². The Morgan fingerprint density at radius 2 is 1.55 bits per heavy atom. The van der Waals surface area contributed by atoms with Crippen molar-refractivity contribution in [2.75, 3.05) is 45.9 Å². The van der Waals surface area contributed by atoms with Crippen molar-refractivity contribution in [2.24, 2.45) is 0 Å². The third kappa shape index (κ3) is 7.96. The third-order valence-electron chi connectivity index (χ3n) is 7.57. The van der Waals surface area contributed by atoms with Crippen molar-refractivity contribution in [1.29, 1.82) is 0 Å². The molecule has 0 spiro atoms. The Morgan fingerprint density at radius 3 is 2.16 bits per heavy atom. The molecule has 0 aliphatic carbocycles. The maximum Gasteiger partial charge on any atom is 0.416 e. The maximum atomic E-state index is 13.6. The second-order valence-corrected chi connectivity index (χ2v) is 10.5. The van der Waals surface area contributed by atoms with Gasteiger partial charge in [-0.2, -0.15) is 13.2 Å². The molecule has 44 heavy (non-hydrogen) atoms. The summed E-state index contributed by atoms with van der Waals surface area (Å²) in [5.74, 6) is -2.67. The SMILES string of the molecule is CCOC(=O)C1=C(C)NC(C)=C(C(=O)OCCN2CCN(C(=O)C=Cc3ccccc3)CC2)C1c1cccc(C(F)(F)F)c1. The van der Waals surface area contributed by atoms with E-state index in [1.807, 2.05) is 30.3 Å². The molecule has 0 saturated carbocycles. The van der Waals surface area contributed by atoms with Gasteiger partial charge in [-0.1, -0.05) is 48.5 Å². The number of allylic oxidation sites excluding steroid dienone is 2. The summed E-state index contributed by atoms with van der Waals surface area (Å²) >= 11 is 0. The van der Waals surface area contributed by atoms with Crippen molar-refractivity contribution in [3.63, 3.8) is 0 Å². The Morgan fingerprint density at radius 1 is 0.909 bits per heavy atom. The van der Waals surface area contributed by atoms with Gasteiger partial charge in [-0.05, 0) is 44.0 Å². The summed E-state index contributed by atoms with van der Waals surface area (Å²) in [4.78, 5) is 42.9. The average Bonchev–Trinajstić information content (AvgIpc) is 3.00. The number of benzene rings is 2. The maximum absolute atomic E-state index is 13.6. The summed E-state index contributed by atoms with van der Waals surface area (Å²) < 4.78 is 51.6. The van der Waals surface area contributed by atoms with Gasteiger partial charge in [-0.25, -0.2) is 9.59 Å². The van der Waals surface area contributed by atoms with Gasteiger partial charge in [0.05, 0.1) is 29.2 Å². The minimum atomic E-state index is -4.61. The summed E-state index contributed by atoms with van der Waals surface area (Å²) in [6.07, 6.45) is -1.28. The summed E-state index contributed by atoms with van der Waals surface area (Å²) in [5.41, 5.74) is 1.01. The Kier molecular flexibility index (Phi) is 10.6. The Labute approximate surface area is 254 Å². The van der Waals surface area contributed by atoms with E-state index in [9.17, 15) is 27.6 Å². The van der Waals surface area contributed by atoms with E-state index >= 15 is 0 Å². The minimum absolute atomic E-state index is 0.0181. The highest BCUT2D eigenvalue weighted by Gasteiger charge is 2.39. The van der Waals surface area contributed by atoms with Crippen LogP contribution < -0.4 is 5.32 Å². The monoisotopic (exact) mass is 611 g/mol. The van der Waals surface area contributed by atoms with E-state index in [-0.39, 0.29) is 35.8 Å². The molecular formula is C33H36F3N3O5. The highest BCUT2D eigenvalue weighted by atomic mass is 19.4. The number of piperazine rings is 1. The molecule has 2 aromatic rings. The highest BCUT2D eigenvalue weighted by Crippen LogP contribution is 2.41. The lowest BCUT2D eigenvalue weighted by Gasteiger charge is -2.34. The molecule has 1 N–H and O–H groups in total. The molecule has 4 rings (SSSR count). The number of rotatable bonds is 9. The first-order chi connectivity index (χ1) is 21.0. The molecule has 11 heteroatoms. The number of nitrogens with one attached hydrogen (secondary N) is 1. The molecule has 1 unspecified atom stereocenters. The van der Waals surface area contributed by atoms with E-state index in [1.165, 1.54) is 12.1 Å². The highest BCUT2D eigenvalue weighted by molar-refractivity contribution is 6.00. The van der Waals surface area contributed by atoms with Gasteiger partial charge < -0.3 is 19.7 Å². The number of hydrogen-bond acceptors (Lipinski definition) is 7. The first-order valence-electron chi connectivity index (χ1n) is 14.4. The van der Waals surface area contributed by atoms with Crippen molar-refractivity contribution < 1.29 is 37.0 Å². The Hall–Kier alpha value is -4.38. The van der Waals surface area contributed by atoms with E-state index in [4.69, 9.17) is 9.47 Å². The van der Waals surface area contributed by atoms with Gasteiger partial charge in [0.15, 0.2) is 0 Å². The van der Waals surface area contributed by atoms with Crippen molar-refractivity contribution in [1.82, 2.24) is 15.1 Å². The molecule has 1 amide bonds. The number of esters is 2. The van der Waals surface area contributed by atoms with Gasteiger partial charge in [0, 0.05) is 50.2 Å². The van der Waals surface area contributed by atoms with Crippen LogP contribution in [0.25, 0.3) is 6.08 Å². The van der Waals surface area contributed by atoms with Crippen LogP contribution in [0.3, 0.4) is 0 Å². The largest absolute Gasteiger partial charge is 0.463 e. The number of ether oxygens (including phenoxy) is 2. The molecular weight excluding hydrogens is 575 g/mol. The number of carbonyl (C=O) groups excluding carboxylic acids is 3. The lowest BCUT2D eigenvalue weighted by molar-refractivity contribution is -0.140. The predicted molar refractivity (Wildman–Crippen MR) is 159 cm³/mol. The second-order valence-electron chi connectivity index (χ2n) is 10.5. The molecule has 1 atom stereocenters. The minimum Gasteiger partial charge on any atom is -0.463 e. The molecule has 1 saturated heterocycles. The molecule has 0 radical (unpaired) electrons. The number of alkyl halides is 3. The smallest absolute Gasteiger partial charge is 0.416 e. The van der Waals surface area contributed by atoms with Gasteiger partial charge in [0.25, 0.3) is 0 Å². The van der Waals surface area contributed by atoms with Crippen LogP contribution in [0, 0.1) is 0 Å². The zero-order chi connectivity index (χ0) is 31.9. The molecule has 2 aliphatic heterocycles. The average molecular weight is 612 g/mol. The Balaban J connectivity index is 1.42. The number of dihydropyridines is 1. The fourth-order valence-electron chi connectivity index (χ4n) is 5.35. The van der Waals surface area contributed by atoms with Crippen LogP contribution in [0.5, 0.6) is 0 Å². The lowest BCUT2D eigenvalue weighted by atomic mass is 9.80. The summed E-state index contributed by atoms with van der Waals surface area (Å²) in [6, 6.07) is 14.1. The third-order valence-corrected chi connectivity index (χ3v) is 7.57. The predicted octanol–water partition coefficient (Wildman–Crippen LogP) is 4.90. The van der Waals surface area contributed by atoms with Crippen LogP contribution in [0.15, 0.2) is 83.2 Å². The van der Waals surface area contributed by atoms with E-state index < -0.39 is 29.6 Å². The van der Waals surface area contributed by atoms with Crippen LogP contribution in [0.4, 0.5) is 13.2 Å². The molecule has 0 aromatic heterocycles. The molecule has 8 nitrogen and oxygen atoms in total. The van der Waals surface area contributed by atoms with E-state index in [2.05, 4.69) is 10.2 Å². The van der Waals surface area contributed by atoms with Gasteiger partial charge in [0.1, 0.15) is 6.61 Å². The fraction of sp³-hybridized carbons (Fsp3) is 0.364. The van der Waals surface area contributed by atoms with Crippen LogP contribution in [0.2, 0.25) is 0 Å². The number of halogens is 3. The topological polar surface area (TPSA) is 88.2 Å². The van der Waals surface area contributed by atoms with Gasteiger partial charge in [-0.15, -0.1) is 0 Å². The fourth-order valence-corrected chi connectivity index (χ4v) is 5.35. The van der Waals surface area contributed by atoms with E-state index in [0.29, 0.717) is 44.1 Å². The molecule has 234 valence electrons. The summed E-state index contributed by atoms with van der Waals surface area (Å²) in [5, 5.41) is 3.00. The normalized spacial score (nSPS) is 18.0. The molecule has 2 heterocycles. The van der Waals surface area contributed by atoms with Crippen molar-refractivity contribution >= 4 is 23.9 Å². The van der Waals surface area contributed by atoms with E-state index in [1.54, 1.807) is 37.8 Å².